The Labute approximate surface area is 367 Å². The van der Waals surface area contributed by atoms with E-state index in [2.05, 4.69) is 84.4 Å². The molecule has 2 aliphatic heterocycles. The van der Waals surface area contributed by atoms with Gasteiger partial charge in [-0.15, -0.1) is 0 Å². The van der Waals surface area contributed by atoms with E-state index in [1.54, 1.807) is 0 Å². The fourth-order valence-electron chi connectivity index (χ4n) is 7.64. The quantitative estimate of drug-likeness (QED) is 0.132. The second kappa shape index (κ2) is 20.5. The third-order valence-electron chi connectivity index (χ3n) is 11.0. The molecule has 0 N–H and O–H groups in total. The fourth-order valence-corrected chi connectivity index (χ4v) is 7.64. The molecule has 0 aliphatic carbocycles. The van der Waals surface area contributed by atoms with Crippen molar-refractivity contribution in [2.24, 2.45) is 0 Å². The molecule has 0 atom stereocenters. The third kappa shape index (κ3) is 10.6. The number of carbonyl (C=O) groups is 2. The Morgan fingerprint density at radius 2 is 0.774 bits per heavy atom. The van der Waals surface area contributed by atoms with Gasteiger partial charge in [-0.2, -0.15) is 0 Å². The minimum Gasteiger partial charge on any atom is -0.341 e. The number of rotatable bonds is 4. The van der Waals surface area contributed by atoms with Crippen molar-refractivity contribution in [3.05, 3.63) is 238 Å². The first-order chi connectivity index (χ1) is 30.3. The van der Waals surface area contributed by atoms with E-state index >= 15 is 0 Å². The molecule has 8 rings (SSSR count). The molecule has 2 amide bonds. The summed E-state index contributed by atoms with van der Waals surface area (Å²) >= 11 is 0. The van der Waals surface area contributed by atoms with E-state index in [0.717, 1.165) is 92.8 Å². The molecule has 4 nitrogen and oxygen atoms in total. The van der Waals surface area contributed by atoms with Gasteiger partial charge in [0, 0.05) is 60.6 Å². The average molecular weight is 807 g/mol. The molecule has 0 spiro atoms. The molecule has 6 aromatic carbocycles. The van der Waals surface area contributed by atoms with E-state index in [1.807, 2.05) is 159 Å². The Morgan fingerprint density at radius 1 is 0.452 bits per heavy atom. The number of amides is 2. The Morgan fingerprint density at radius 3 is 1.15 bits per heavy atom. The monoisotopic (exact) mass is 806 g/mol. The molecule has 62 heavy (non-hydrogen) atoms. The lowest BCUT2D eigenvalue weighted by Crippen LogP contribution is -2.27. The second-order valence-corrected chi connectivity index (χ2v) is 15.5. The molecule has 0 fully saturated rings. The SMILES string of the molecule is CC(/C=C(/C#Cc1ccccc1)c1ccccc1)=C1\C(=O)N(C)CCc2ccccc21.CC(/C=C(/C#Cc1ccccc1)c1ccccc1)=C1\C(=O)N(C)CCc2ccccc21. The molecule has 0 bridgehead atoms. The van der Waals surface area contributed by atoms with Gasteiger partial charge in [-0.1, -0.05) is 169 Å². The zero-order valence-corrected chi connectivity index (χ0v) is 35.9. The molecular formula is C58H50N2O2. The van der Waals surface area contributed by atoms with E-state index in [9.17, 15) is 9.59 Å². The molecule has 0 radical (unpaired) electrons. The van der Waals surface area contributed by atoms with Crippen LogP contribution >= 0.6 is 0 Å². The maximum absolute atomic E-state index is 13.2. The summed E-state index contributed by atoms with van der Waals surface area (Å²) in [5.74, 6) is 13.3. The van der Waals surface area contributed by atoms with Gasteiger partial charge >= 0.3 is 0 Å². The van der Waals surface area contributed by atoms with Crippen molar-refractivity contribution >= 4 is 34.1 Å². The summed E-state index contributed by atoms with van der Waals surface area (Å²) in [6.07, 6.45) is 5.82. The number of benzene rings is 6. The number of carbonyl (C=O) groups excluding carboxylic acids is 2. The van der Waals surface area contributed by atoms with E-state index in [-0.39, 0.29) is 11.8 Å². The Bertz CT molecular complexity index is 2610. The Hall–Kier alpha value is -7.66. The van der Waals surface area contributed by atoms with Crippen LogP contribution in [0.4, 0.5) is 0 Å². The predicted octanol–water partition coefficient (Wildman–Crippen LogP) is 11.2. The van der Waals surface area contributed by atoms with Crippen LogP contribution in [-0.2, 0) is 22.4 Å². The van der Waals surface area contributed by atoms with Gasteiger partial charge in [0.15, 0.2) is 0 Å². The van der Waals surface area contributed by atoms with Gasteiger partial charge < -0.3 is 9.80 Å². The maximum Gasteiger partial charge on any atom is 0.254 e. The smallest absolute Gasteiger partial charge is 0.254 e. The first-order valence-electron chi connectivity index (χ1n) is 21.0. The summed E-state index contributed by atoms with van der Waals surface area (Å²) in [6, 6.07) is 56.6. The molecule has 0 unspecified atom stereocenters. The number of fused-ring (bicyclic) bond motifs is 2. The van der Waals surface area contributed by atoms with E-state index in [4.69, 9.17) is 0 Å². The maximum atomic E-state index is 13.2. The molecule has 4 heteroatoms. The van der Waals surface area contributed by atoms with Gasteiger partial charge in [0.1, 0.15) is 0 Å². The molecule has 0 aromatic heterocycles. The van der Waals surface area contributed by atoms with Gasteiger partial charge in [0.2, 0.25) is 0 Å². The average Bonchev–Trinajstić information content (AvgIpc) is 3.53. The van der Waals surface area contributed by atoms with Crippen molar-refractivity contribution in [2.45, 2.75) is 26.7 Å². The lowest BCUT2D eigenvalue weighted by Gasteiger charge is -2.16. The summed E-state index contributed by atoms with van der Waals surface area (Å²) in [5, 5.41) is 0. The fraction of sp³-hybridized carbons (Fsp3) is 0.138. The molecule has 2 heterocycles. The Balaban J connectivity index is 0.000000186. The van der Waals surface area contributed by atoms with Crippen LogP contribution in [0.2, 0.25) is 0 Å². The van der Waals surface area contributed by atoms with Crippen molar-refractivity contribution in [3.8, 4) is 23.7 Å². The van der Waals surface area contributed by atoms with Crippen molar-refractivity contribution < 1.29 is 9.59 Å². The van der Waals surface area contributed by atoms with E-state index < -0.39 is 0 Å². The van der Waals surface area contributed by atoms with Crippen molar-refractivity contribution in [1.29, 1.82) is 0 Å². The molecular weight excluding hydrogens is 757 g/mol. The molecule has 0 saturated heterocycles. The summed E-state index contributed by atoms with van der Waals surface area (Å²) in [6.45, 7) is 5.46. The zero-order chi connectivity index (χ0) is 43.3. The minimum atomic E-state index is 0.0575. The van der Waals surface area contributed by atoms with Crippen LogP contribution in [0.25, 0.3) is 22.3 Å². The van der Waals surface area contributed by atoms with Gasteiger partial charge in [-0.25, -0.2) is 0 Å². The first kappa shape index (κ1) is 42.5. The van der Waals surface area contributed by atoms with Crippen molar-refractivity contribution in [1.82, 2.24) is 9.80 Å². The largest absolute Gasteiger partial charge is 0.341 e. The lowest BCUT2D eigenvalue weighted by molar-refractivity contribution is -0.124. The molecule has 304 valence electrons. The van der Waals surface area contributed by atoms with Gasteiger partial charge in [0.25, 0.3) is 11.8 Å². The summed E-state index contributed by atoms with van der Waals surface area (Å²) in [4.78, 5) is 30.1. The summed E-state index contributed by atoms with van der Waals surface area (Å²) in [5.41, 5.74) is 13.6. The highest BCUT2D eigenvalue weighted by Crippen LogP contribution is 2.31. The number of allylic oxidation sites excluding steroid dienone is 6. The zero-order valence-electron chi connectivity index (χ0n) is 35.9. The standard InChI is InChI=1S/2C29H25NO/c2*1-22(28-27-16-10-9-15-25(27)19-20-30(2)29(28)31)21-26(24-13-7-4-8-14-24)18-17-23-11-5-3-6-12-23/h2*3-16,21H,19-20H2,1-2H3/b2*26-21-,28-22+. The van der Waals surface area contributed by atoms with Crippen LogP contribution in [-0.4, -0.2) is 48.8 Å². The highest BCUT2D eigenvalue weighted by molar-refractivity contribution is 6.22. The topological polar surface area (TPSA) is 40.6 Å². The highest BCUT2D eigenvalue weighted by atomic mass is 16.2. The number of hydrogen-bond acceptors (Lipinski definition) is 2. The lowest BCUT2D eigenvalue weighted by atomic mass is 9.93. The van der Waals surface area contributed by atoms with Gasteiger partial charge in [0.05, 0.1) is 0 Å². The van der Waals surface area contributed by atoms with Crippen LogP contribution in [0.3, 0.4) is 0 Å². The van der Waals surface area contributed by atoms with Crippen LogP contribution in [0, 0.1) is 23.7 Å². The minimum absolute atomic E-state index is 0.0575. The number of nitrogens with zero attached hydrogens (tertiary/aromatic N) is 2. The molecule has 0 saturated carbocycles. The third-order valence-corrected chi connectivity index (χ3v) is 11.0. The predicted molar refractivity (Wildman–Crippen MR) is 256 cm³/mol. The van der Waals surface area contributed by atoms with Crippen molar-refractivity contribution in [3.63, 3.8) is 0 Å². The first-order valence-corrected chi connectivity index (χ1v) is 21.0. The van der Waals surface area contributed by atoms with E-state index in [1.165, 1.54) is 11.1 Å². The van der Waals surface area contributed by atoms with E-state index in [0.29, 0.717) is 0 Å². The van der Waals surface area contributed by atoms with Crippen LogP contribution in [0.1, 0.15) is 58.4 Å². The molecule has 6 aromatic rings. The Kier molecular flexibility index (Phi) is 14.1. The van der Waals surface area contributed by atoms with Gasteiger partial charge in [-0.05, 0) is 108 Å². The summed E-state index contributed by atoms with van der Waals surface area (Å²) in [7, 11) is 3.75. The normalized spacial score (nSPS) is 15.5. The number of likely N-dealkylation sites (N-methyl/N-ethyl adjacent to an activating group) is 2. The highest BCUT2D eigenvalue weighted by Gasteiger charge is 2.26. The van der Waals surface area contributed by atoms with Crippen molar-refractivity contribution in [2.75, 3.05) is 27.2 Å². The van der Waals surface area contributed by atoms with Crippen LogP contribution in [0.5, 0.6) is 0 Å². The second-order valence-electron chi connectivity index (χ2n) is 15.5. The number of hydrogen-bond donors (Lipinski definition) is 0. The van der Waals surface area contributed by atoms with Crippen LogP contribution < -0.4 is 0 Å². The van der Waals surface area contributed by atoms with Crippen LogP contribution in [0.15, 0.2) is 193 Å². The van der Waals surface area contributed by atoms with Gasteiger partial charge in [-0.3, -0.25) is 9.59 Å². The summed E-state index contributed by atoms with van der Waals surface area (Å²) < 4.78 is 0. The molecule has 2 aliphatic rings.